The summed E-state index contributed by atoms with van der Waals surface area (Å²) in [6.07, 6.45) is 21.6. The number of phenolic OH excluding ortho intramolecular Hbond substituents is 1. The van der Waals surface area contributed by atoms with Crippen molar-refractivity contribution in [2.24, 2.45) is 0 Å². The first-order valence-electron chi connectivity index (χ1n) is 11.8. The molecule has 0 atom stereocenters. The Hall–Kier alpha value is -1.77. The molecule has 0 aliphatic heterocycles. The molecule has 1 amide bonds. The van der Waals surface area contributed by atoms with Crippen molar-refractivity contribution in [3.8, 4) is 5.75 Å². The van der Waals surface area contributed by atoms with Crippen LogP contribution >= 0.6 is 0 Å². The number of nitrogens with one attached hydrogen (secondary N) is 1. The zero-order valence-electron chi connectivity index (χ0n) is 18.8. The highest BCUT2D eigenvalue weighted by Crippen LogP contribution is 2.18. The first-order chi connectivity index (χ1) is 14.1. The second kappa shape index (κ2) is 17.1. The average Bonchev–Trinajstić information content (AvgIpc) is 2.70. The summed E-state index contributed by atoms with van der Waals surface area (Å²) in [5, 5.41) is 12.8. The van der Waals surface area contributed by atoms with Crippen LogP contribution < -0.4 is 5.32 Å². The standard InChI is InChI=1S/C26H43NO2/c1-3-4-5-6-7-8-9-10-11-12-13-14-15-16-17-20-27-26(29)22-24-21-23(2)18-19-25(24)28/h10-11,18-19,21,28H,3-9,12-17,20,22H2,1-2H3,(H,27,29)/b11-10-. The fourth-order valence-corrected chi connectivity index (χ4v) is 3.51. The van der Waals surface area contributed by atoms with Gasteiger partial charge in [-0.1, -0.05) is 88.1 Å². The molecule has 0 saturated carbocycles. The molecule has 0 saturated heterocycles. The predicted octanol–water partition coefficient (Wildman–Crippen LogP) is 7.01. The first kappa shape index (κ1) is 25.3. The van der Waals surface area contributed by atoms with Gasteiger partial charge >= 0.3 is 0 Å². The van der Waals surface area contributed by atoms with Crippen molar-refractivity contribution in [3.63, 3.8) is 0 Å². The number of aryl methyl sites for hydroxylation is 1. The summed E-state index contributed by atoms with van der Waals surface area (Å²) in [5.74, 6) is 0.188. The second-order valence-corrected chi connectivity index (χ2v) is 8.24. The van der Waals surface area contributed by atoms with Crippen molar-refractivity contribution in [1.82, 2.24) is 5.32 Å². The number of benzene rings is 1. The van der Waals surface area contributed by atoms with E-state index in [1.165, 1.54) is 70.6 Å². The molecule has 0 bridgehead atoms. The van der Waals surface area contributed by atoms with Crippen LogP contribution in [0.5, 0.6) is 5.75 Å². The zero-order chi connectivity index (χ0) is 21.2. The number of unbranched alkanes of at least 4 members (excludes halogenated alkanes) is 11. The van der Waals surface area contributed by atoms with E-state index in [-0.39, 0.29) is 18.1 Å². The normalized spacial score (nSPS) is 11.2. The largest absolute Gasteiger partial charge is 0.508 e. The molecule has 0 fully saturated rings. The van der Waals surface area contributed by atoms with Gasteiger partial charge in [0, 0.05) is 12.1 Å². The highest BCUT2D eigenvalue weighted by molar-refractivity contribution is 5.79. The number of phenols is 1. The van der Waals surface area contributed by atoms with Gasteiger partial charge in [-0.2, -0.15) is 0 Å². The van der Waals surface area contributed by atoms with Gasteiger partial charge in [-0.25, -0.2) is 0 Å². The third kappa shape index (κ3) is 13.9. The molecule has 3 heteroatoms. The molecule has 0 spiro atoms. The van der Waals surface area contributed by atoms with E-state index in [4.69, 9.17) is 0 Å². The number of allylic oxidation sites excluding steroid dienone is 2. The van der Waals surface area contributed by atoms with Crippen molar-refractivity contribution >= 4 is 5.91 Å². The Morgan fingerprint density at radius 1 is 0.897 bits per heavy atom. The average molecular weight is 402 g/mol. The lowest BCUT2D eigenvalue weighted by Crippen LogP contribution is -2.26. The molecule has 2 N–H and O–H groups in total. The number of hydrogen-bond acceptors (Lipinski definition) is 2. The Morgan fingerprint density at radius 3 is 2.14 bits per heavy atom. The van der Waals surface area contributed by atoms with Crippen molar-refractivity contribution < 1.29 is 9.90 Å². The van der Waals surface area contributed by atoms with Gasteiger partial charge in [0.25, 0.3) is 0 Å². The molecule has 1 rings (SSSR count). The Balaban J connectivity index is 1.90. The van der Waals surface area contributed by atoms with E-state index in [2.05, 4.69) is 24.4 Å². The Kier molecular flexibility index (Phi) is 14.9. The summed E-state index contributed by atoms with van der Waals surface area (Å²) in [6.45, 7) is 4.96. The summed E-state index contributed by atoms with van der Waals surface area (Å²) < 4.78 is 0. The molecular formula is C26H43NO2. The van der Waals surface area contributed by atoms with Crippen LogP contribution in [0.2, 0.25) is 0 Å². The van der Waals surface area contributed by atoms with Crippen molar-refractivity contribution in [2.45, 2.75) is 104 Å². The Morgan fingerprint density at radius 2 is 1.48 bits per heavy atom. The zero-order valence-corrected chi connectivity index (χ0v) is 18.8. The molecule has 0 unspecified atom stereocenters. The van der Waals surface area contributed by atoms with Crippen LogP contribution in [0.25, 0.3) is 0 Å². The summed E-state index contributed by atoms with van der Waals surface area (Å²) in [5.41, 5.74) is 1.76. The van der Waals surface area contributed by atoms with Gasteiger partial charge in [-0.3, -0.25) is 4.79 Å². The van der Waals surface area contributed by atoms with Crippen LogP contribution in [-0.2, 0) is 11.2 Å². The second-order valence-electron chi connectivity index (χ2n) is 8.24. The molecule has 3 nitrogen and oxygen atoms in total. The minimum absolute atomic E-state index is 0.0126. The lowest BCUT2D eigenvalue weighted by Gasteiger charge is -2.07. The lowest BCUT2D eigenvalue weighted by molar-refractivity contribution is -0.120. The minimum atomic E-state index is -0.0126. The topological polar surface area (TPSA) is 49.3 Å². The van der Waals surface area contributed by atoms with E-state index < -0.39 is 0 Å². The molecule has 0 aliphatic carbocycles. The number of carbonyl (C=O) groups is 1. The summed E-state index contributed by atoms with van der Waals surface area (Å²) in [6, 6.07) is 5.38. The van der Waals surface area contributed by atoms with Gasteiger partial charge in [-0.05, 0) is 45.1 Å². The van der Waals surface area contributed by atoms with E-state index in [0.717, 1.165) is 24.9 Å². The summed E-state index contributed by atoms with van der Waals surface area (Å²) in [4.78, 5) is 12.0. The van der Waals surface area contributed by atoms with Crippen LogP contribution in [0.15, 0.2) is 30.4 Å². The Labute approximate surface area is 179 Å². The molecule has 0 heterocycles. The van der Waals surface area contributed by atoms with Crippen LogP contribution in [0.1, 0.15) is 102 Å². The maximum Gasteiger partial charge on any atom is 0.224 e. The van der Waals surface area contributed by atoms with Crippen LogP contribution in [-0.4, -0.2) is 17.6 Å². The molecule has 0 radical (unpaired) electrons. The third-order valence-corrected chi connectivity index (χ3v) is 5.35. The Bertz CT molecular complexity index is 580. The van der Waals surface area contributed by atoms with E-state index in [9.17, 15) is 9.90 Å². The number of rotatable bonds is 17. The maximum absolute atomic E-state index is 12.0. The third-order valence-electron chi connectivity index (χ3n) is 5.35. The van der Waals surface area contributed by atoms with Gasteiger partial charge in [0.2, 0.25) is 5.91 Å². The molecule has 164 valence electrons. The van der Waals surface area contributed by atoms with E-state index in [1.807, 2.05) is 19.1 Å². The SMILES string of the molecule is CCCCCCCC/C=C\CCCCCCCNC(=O)Cc1cc(C)ccc1O. The van der Waals surface area contributed by atoms with E-state index in [0.29, 0.717) is 5.56 Å². The monoisotopic (exact) mass is 401 g/mol. The number of aromatic hydroxyl groups is 1. The molecule has 0 aromatic heterocycles. The van der Waals surface area contributed by atoms with E-state index in [1.54, 1.807) is 6.07 Å². The van der Waals surface area contributed by atoms with Crippen molar-refractivity contribution in [2.75, 3.05) is 6.54 Å². The predicted molar refractivity (Wildman–Crippen MR) is 124 cm³/mol. The molecule has 0 aliphatic rings. The fourth-order valence-electron chi connectivity index (χ4n) is 3.51. The fraction of sp³-hybridized carbons (Fsp3) is 0.654. The number of carbonyl (C=O) groups excluding carboxylic acids is 1. The van der Waals surface area contributed by atoms with Gasteiger partial charge in [0.15, 0.2) is 0 Å². The van der Waals surface area contributed by atoms with Crippen molar-refractivity contribution in [1.29, 1.82) is 0 Å². The number of amides is 1. The van der Waals surface area contributed by atoms with Crippen LogP contribution in [0, 0.1) is 6.92 Å². The van der Waals surface area contributed by atoms with Gasteiger partial charge < -0.3 is 10.4 Å². The van der Waals surface area contributed by atoms with Crippen LogP contribution in [0.4, 0.5) is 0 Å². The smallest absolute Gasteiger partial charge is 0.224 e. The minimum Gasteiger partial charge on any atom is -0.508 e. The van der Waals surface area contributed by atoms with Gasteiger partial charge in [-0.15, -0.1) is 0 Å². The highest BCUT2D eigenvalue weighted by atomic mass is 16.3. The highest BCUT2D eigenvalue weighted by Gasteiger charge is 2.07. The molecule has 1 aromatic carbocycles. The summed E-state index contributed by atoms with van der Waals surface area (Å²) >= 11 is 0. The van der Waals surface area contributed by atoms with Gasteiger partial charge in [0.05, 0.1) is 6.42 Å². The van der Waals surface area contributed by atoms with Crippen LogP contribution in [0.3, 0.4) is 0 Å². The number of hydrogen-bond donors (Lipinski definition) is 2. The van der Waals surface area contributed by atoms with Gasteiger partial charge in [0.1, 0.15) is 5.75 Å². The summed E-state index contributed by atoms with van der Waals surface area (Å²) in [7, 11) is 0. The first-order valence-corrected chi connectivity index (χ1v) is 11.8. The molecule has 1 aromatic rings. The molecular weight excluding hydrogens is 358 g/mol. The van der Waals surface area contributed by atoms with Crippen molar-refractivity contribution in [3.05, 3.63) is 41.5 Å². The molecule has 29 heavy (non-hydrogen) atoms. The quantitative estimate of drug-likeness (QED) is 0.218. The maximum atomic E-state index is 12.0. The van der Waals surface area contributed by atoms with E-state index >= 15 is 0 Å². The lowest BCUT2D eigenvalue weighted by atomic mass is 10.1.